The van der Waals surface area contributed by atoms with Gasteiger partial charge in [0.25, 0.3) is 0 Å². The molecular weight excluding hydrogens is 620 g/mol. The fourth-order valence-corrected chi connectivity index (χ4v) is 3.80. The average Bonchev–Trinajstić information content (AvgIpc) is 3.02. The molecule has 1 aliphatic heterocycles. The summed E-state index contributed by atoms with van der Waals surface area (Å²) in [6.07, 6.45) is 0.279. The normalized spacial score (nSPS) is 16.5. The van der Waals surface area contributed by atoms with Gasteiger partial charge in [0.05, 0.1) is 43.3 Å². The lowest BCUT2D eigenvalue weighted by Crippen LogP contribution is -2.30. The van der Waals surface area contributed by atoms with Crippen LogP contribution in [0.2, 0.25) is 0 Å². The molecule has 1 heterocycles. The summed E-state index contributed by atoms with van der Waals surface area (Å²) < 4.78 is 49.6. The molecule has 0 aromatic heterocycles. The van der Waals surface area contributed by atoms with Crippen molar-refractivity contribution in [3.8, 4) is 17.2 Å². The van der Waals surface area contributed by atoms with Gasteiger partial charge in [0, 0.05) is 6.61 Å². The molecule has 1 saturated heterocycles. The lowest BCUT2D eigenvalue weighted by Gasteiger charge is -2.22. The van der Waals surface area contributed by atoms with E-state index in [0.717, 1.165) is 19.3 Å². The molecule has 14 nitrogen and oxygen atoms in total. The van der Waals surface area contributed by atoms with Gasteiger partial charge >= 0.3 is 17.9 Å². The molecule has 0 amide bonds. The largest absolute Gasteiger partial charge is 0.487 e. The molecule has 2 rings (SSSR count). The first-order valence-electron chi connectivity index (χ1n) is 15.8. The molecule has 3 atom stereocenters. The van der Waals surface area contributed by atoms with Gasteiger partial charge in [-0.2, -0.15) is 0 Å². The predicted molar refractivity (Wildman–Crippen MR) is 167 cm³/mol. The van der Waals surface area contributed by atoms with Crippen LogP contribution in [0.5, 0.6) is 17.2 Å². The van der Waals surface area contributed by atoms with Crippen molar-refractivity contribution in [3.05, 3.63) is 17.7 Å². The molecule has 0 spiro atoms. The zero-order chi connectivity index (χ0) is 35.0. The minimum Gasteiger partial charge on any atom is -0.487 e. The molecule has 268 valence electrons. The SMILES string of the molecule is COC(=O)c1cc(OCC(O)COC(=O)C(C)(C)C)c(OCCOCCOC2CCCCO2)c(OCC(O)COC(=O)C(C)(C)C)c1. The van der Waals surface area contributed by atoms with Crippen LogP contribution in [0.15, 0.2) is 12.1 Å². The number of rotatable bonds is 19. The average molecular weight is 673 g/mol. The number of carbonyl (C=O) groups excluding carboxylic acids is 3. The van der Waals surface area contributed by atoms with E-state index in [1.54, 1.807) is 41.5 Å². The zero-order valence-electron chi connectivity index (χ0n) is 28.7. The molecule has 0 saturated carbocycles. The van der Waals surface area contributed by atoms with Crippen LogP contribution in [0.25, 0.3) is 0 Å². The quantitative estimate of drug-likeness (QED) is 0.125. The molecular formula is C33H52O14. The minimum atomic E-state index is -1.21. The summed E-state index contributed by atoms with van der Waals surface area (Å²) in [4.78, 5) is 36.7. The van der Waals surface area contributed by atoms with Crippen molar-refractivity contribution in [1.82, 2.24) is 0 Å². The van der Waals surface area contributed by atoms with Gasteiger partial charge in [-0.15, -0.1) is 0 Å². The number of benzene rings is 1. The number of aliphatic hydroxyl groups is 2. The molecule has 1 aromatic carbocycles. The van der Waals surface area contributed by atoms with Crippen LogP contribution < -0.4 is 14.2 Å². The Hall–Kier alpha value is -3.17. The Kier molecular flexibility index (Phi) is 16.7. The maximum atomic E-state index is 12.5. The molecule has 3 unspecified atom stereocenters. The van der Waals surface area contributed by atoms with E-state index in [0.29, 0.717) is 19.8 Å². The topological polar surface area (TPSA) is 175 Å². The third-order valence-corrected chi connectivity index (χ3v) is 6.49. The minimum absolute atomic E-state index is 0.00975. The van der Waals surface area contributed by atoms with Crippen LogP contribution in [0.4, 0.5) is 0 Å². The lowest BCUT2D eigenvalue weighted by atomic mass is 9.97. The summed E-state index contributed by atoms with van der Waals surface area (Å²) in [5.41, 5.74) is -1.47. The van der Waals surface area contributed by atoms with Gasteiger partial charge in [-0.3, -0.25) is 9.59 Å². The van der Waals surface area contributed by atoms with Gasteiger partial charge in [-0.25, -0.2) is 4.79 Å². The Bertz CT molecular complexity index is 1060. The second-order valence-electron chi connectivity index (χ2n) is 13.0. The Morgan fingerprint density at radius 3 is 1.79 bits per heavy atom. The van der Waals surface area contributed by atoms with Crippen molar-refractivity contribution in [3.63, 3.8) is 0 Å². The third kappa shape index (κ3) is 15.1. The summed E-state index contributed by atoms with van der Waals surface area (Å²) in [6.45, 7) is 10.3. The van der Waals surface area contributed by atoms with Crippen LogP contribution in [-0.2, 0) is 38.0 Å². The van der Waals surface area contributed by atoms with Gasteiger partial charge < -0.3 is 52.8 Å². The summed E-state index contributed by atoms with van der Waals surface area (Å²) in [6, 6.07) is 2.70. The standard InChI is InChI=1S/C33H52O14/c1-32(2,3)30(37)46-20-23(34)18-44-25-16-22(29(36)39-7)17-26(45-19-24(35)21-47-31(38)33(4,5)6)28(25)43-15-13-40-12-14-42-27-10-8-9-11-41-27/h16-17,23-24,27,34-35H,8-15,18-21H2,1-7H3. The smallest absolute Gasteiger partial charge is 0.338 e. The van der Waals surface area contributed by atoms with E-state index >= 15 is 0 Å². The molecule has 0 aliphatic carbocycles. The Morgan fingerprint density at radius 2 is 1.32 bits per heavy atom. The van der Waals surface area contributed by atoms with Gasteiger partial charge in [0.1, 0.15) is 45.2 Å². The van der Waals surface area contributed by atoms with Crippen LogP contribution in [-0.4, -0.2) is 113 Å². The maximum absolute atomic E-state index is 12.5. The number of hydrogen-bond acceptors (Lipinski definition) is 14. The number of hydrogen-bond donors (Lipinski definition) is 2. The molecule has 1 aliphatic rings. The summed E-state index contributed by atoms with van der Waals surface area (Å²) in [5, 5.41) is 20.9. The highest BCUT2D eigenvalue weighted by Crippen LogP contribution is 2.39. The van der Waals surface area contributed by atoms with Crippen LogP contribution >= 0.6 is 0 Å². The van der Waals surface area contributed by atoms with Gasteiger partial charge in [0.2, 0.25) is 5.75 Å². The van der Waals surface area contributed by atoms with E-state index in [1.807, 2.05) is 0 Å². The zero-order valence-corrected chi connectivity index (χ0v) is 28.7. The van der Waals surface area contributed by atoms with Gasteiger partial charge in [-0.05, 0) is 72.9 Å². The van der Waals surface area contributed by atoms with Crippen molar-refractivity contribution >= 4 is 17.9 Å². The highest BCUT2D eigenvalue weighted by molar-refractivity contribution is 5.91. The first-order chi connectivity index (χ1) is 22.1. The second kappa shape index (κ2) is 19.6. The lowest BCUT2D eigenvalue weighted by molar-refractivity contribution is -0.169. The van der Waals surface area contributed by atoms with Crippen molar-refractivity contribution in [2.45, 2.75) is 79.3 Å². The Morgan fingerprint density at radius 1 is 0.787 bits per heavy atom. The van der Waals surface area contributed by atoms with Crippen LogP contribution in [0.1, 0.15) is 71.2 Å². The van der Waals surface area contributed by atoms with E-state index in [4.69, 9.17) is 42.6 Å². The van der Waals surface area contributed by atoms with E-state index in [1.165, 1.54) is 19.2 Å². The number of ether oxygens (including phenoxy) is 9. The highest BCUT2D eigenvalue weighted by atomic mass is 16.7. The van der Waals surface area contributed by atoms with Crippen molar-refractivity contribution in [1.29, 1.82) is 0 Å². The van der Waals surface area contributed by atoms with Crippen LogP contribution in [0, 0.1) is 10.8 Å². The van der Waals surface area contributed by atoms with E-state index < -0.39 is 40.9 Å². The first-order valence-corrected chi connectivity index (χ1v) is 15.8. The number of esters is 3. The number of methoxy groups -OCH3 is 1. The number of aliphatic hydroxyl groups excluding tert-OH is 2. The predicted octanol–water partition coefficient (Wildman–Crippen LogP) is 3.07. The van der Waals surface area contributed by atoms with Gasteiger partial charge in [0.15, 0.2) is 17.8 Å². The second-order valence-corrected chi connectivity index (χ2v) is 13.0. The Labute approximate surface area is 276 Å². The maximum Gasteiger partial charge on any atom is 0.338 e. The summed E-state index contributed by atoms with van der Waals surface area (Å²) in [7, 11) is 1.20. The molecule has 2 N–H and O–H groups in total. The summed E-state index contributed by atoms with van der Waals surface area (Å²) in [5.74, 6) is -1.63. The molecule has 47 heavy (non-hydrogen) atoms. The summed E-state index contributed by atoms with van der Waals surface area (Å²) >= 11 is 0. The molecule has 0 radical (unpaired) electrons. The Balaban J connectivity index is 2.14. The third-order valence-electron chi connectivity index (χ3n) is 6.49. The van der Waals surface area contributed by atoms with Crippen molar-refractivity contribution in [2.24, 2.45) is 10.8 Å². The van der Waals surface area contributed by atoms with Crippen molar-refractivity contribution < 1.29 is 67.2 Å². The monoisotopic (exact) mass is 672 g/mol. The number of carbonyl (C=O) groups is 3. The van der Waals surface area contributed by atoms with E-state index in [2.05, 4.69) is 0 Å². The highest BCUT2D eigenvalue weighted by Gasteiger charge is 2.26. The van der Waals surface area contributed by atoms with Crippen LogP contribution in [0.3, 0.4) is 0 Å². The molecule has 1 fully saturated rings. The molecule has 1 aromatic rings. The molecule has 0 bridgehead atoms. The fourth-order valence-electron chi connectivity index (χ4n) is 3.80. The molecule has 14 heteroatoms. The van der Waals surface area contributed by atoms with E-state index in [-0.39, 0.29) is 68.7 Å². The fraction of sp³-hybridized carbons (Fsp3) is 0.727. The van der Waals surface area contributed by atoms with Gasteiger partial charge in [-0.1, -0.05) is 0 Å². The first kappa shape index (κ1) is 40.0. The van der Waals surface area contributed by atoms with E-state index in [9.17, 15) is 24.6 Å². The van der Waals surface area contributed by atoms with Crippen molar-refractivity contribution in [2.75, 3.05) is 66.6 Å².